The molecule has 0 aliphatic carbocycles. The molecule has 0 fully saturated rings. The SMILES string of the molecule is CC/C=C\C/C=C\C/C=C\C/C=C\CCCCCCCCCCCCCCCCCCCCCCC(=O)OCC(COC(=O)CCCCCCCC)OC(=O)CCCCCCC/C=C\C/C=C\CCCC. The van der Waals surface area contributed by atoms with Crippen molar-refractivity contribution in [1.29, 1.82) is 0 Å². The van der Waals surface area contributed by atoms with E-state index in [1.807, 2.05) is 0 Å². The highest BCUT2D eigenvalue weighted by Crippen LogP contribution is 2.17. The largest absolute Gasteiger partial charge is 0.462 e. The average molecular weight is 992 g/mol. The van der Waals surface area contributed by atoms with Gasteiger partial charge in [0.15, 0.2) is 6.10 Å². The van der Waals surface area contributed by atoms with Gasteiger partial charge in [-0.25, -0.2) is 0 Å². The zero-order valence-electron chi connectivity index (χ0n) is 47.0. The topological polar surface area (TPSA) is 78.9 Å². The van der Waals surface area contributed by atoms with E-state index in [0.29, 0.717) is 19.3 Å². The lowest BCUT2D eigenvalue weighted by molar-refractivity contribution is -0.167. The summed E-state index contributed by atoms with van der Waals surface area (Å²) in [4.78, 5) is 37.8. The van der Waals surface area contributed by atoms with Gasteiger partial charge >= 0.3 is 17.9 Å². The van der Waals surface area contributed by atoms with E-state index in [1.165, 1.54) is 154 Å². The highest BCUT2D eigenvalue weighted by atomic mass is 16.6. The Morgan fingerprint density at radius 3 is 0.901 bits per heavy atom. The van der Waals surface area contributed by atoms with Crippen LogP contribution in [0.25, 0.3) is 0 Å². The molecule has 0 aliphatic heterocycles. The van der Waals surface area contributed by atoms with Crippen molar-refractivity contribution >= 4 is 17.9 Å². The van der Waals surface area contributed by atoms with Gasteiger partial charge in [-0.2, -0.15) is 0 Å². The minimum absolute atomic E-state index is 0.0772. The number of esters is 3. The first-order valence-corrected chi connectivity index (χ1v) is 30.4. The van der Waals surface area contributed by atoms with Gasteiger partial charge < -0.3 is 14.2 Å². The van der Waals surface area contributed by atoms with Crippen molar-refractivity contribution in [3.05, 3.63) is 72.9 Å². The molecule has 0 amide bonds. The Balaban J connectivity index is 3.94. The van der Waals surface area contributed by atoms with Crippen LogP contribution >= 0.6 is 0 Å². The van der Waals surface area contributed by atoms with Crippen molar-refractivity contribution in [2.75, 3.05) is 13.2 Å². The van der Waals surface area contributed by atoms with Crippen LogP contribution in [0.3, 0.4) is 0 Å². The van der Waals surface area contributed by atoms with Crippen LogP contribution in [0.4, 0.5) is 0 Å². The van der Waals surface area contributed by atoms with E-state index in [4.69, 9.17) is 14.2 Å². The van der Waals surface area contributed by atoms with Crippen LogP contribution in [-0.2, 0) is 28.6 Å². The van der Waals surface area contributed by atoms with Gasteiger partial charge in [-0.15, -0.1) is 0 Å². The quantitative estimate of drug-likeness (QED) is 0.0261. The van der Waals surface area contributed by atoms with Gasteiger partial charge in [-0.3, -0.25) is 14.4 Å². The minimum Gasteiger partial charge on any atom is -0.462 e. The fourth-order valence-corrected chi connectivity index (χ4v) is 8.63. The van der Waals surface area contributed by atoms with Crippen LogP contribution in [0, 0.1) is 0 Å². The summed E-state index contributed by atoms with van der Waals surface area (Å²) < 4.78 is 16.7. The lowest BCUT2D eigenvalue weighted by Crippen LogP contribution is -2.30. The lowest BCUT2D eigenvalue weighted by Gasteiger charge is -2.18. The molecule has 1 unspecified atom stereocenters. The van der Waals surface area contributed by atoms with E-state index >= 15 is 0 Å². The van der Waals surface area contributed by atoms with E-state index in [-0.39, 0.29) is 31.1 Å². The number of hydrogen-bond donors (Lipinski definition) is 0. The predicted molar refractivity (Wildman–Crippen MR) is 307 cm³/mol. The van der Waals surface area contributed by atoms with Gasteiger partial charge in [0.05, 0.1) is 0 Å². The zero-order chi connectivity index (χ0) is 51.4. The van der Waals surface area contributed by atoms with Gasteiger partial charge in [-0.1, -0.05) is 273 Å². The zero-order valence-corrected chi connectivity index (χ0v) is 47.0. The molecule has 0 bridgehead atoms. The molecule has 71 heavy (non-hydrogen) atoms. The van der Waals surface area contributed by atoms with Crippen LogP contribution in [0.1, 0.15) is 303 Å². The number of hydrogen-bond acceptors (Lipinski definition) is 6. The Labute approximate surface area is 440 Å². The average Bonchev–Trinajstić information content (AvgIpc) is 3.37. The monoisotopic (exact) mass is 991 g/mol. The van der Waals surface area contributed by atoms with Crippen LogP contribution in [0.15, 0.2) is 72.9 Å². The Bertz CT molecular complexity index is 1320. The van der Waals surface area contributed by atoms with Gasteiger partial charge in [0.2, 0.25) is 0 Å². The van der Waals surface area contributed by atoms with Crippen molar-refractivity contribution in [2.24, 2.45) is 0 Å². The maximum Gasteiger partial charge on any atom is 0.306 e. The first-order valence-electron chi connectivity index (χ1n) is 30.4. The molecule has 0 rings (SSSR count). The van der Waals surface area contributed by atoms with E-state index < -0.39 is 6.10 Å². The number of ether oxygens (including phenoxy) is 3. The summed E-state index contributed by atoms with van der Waals surface area (Å²) in [6.45, 7) is 6.43. The van der Waals surface area contributed by atoms with Gasteiger partial charge in [-0.05, 0) is 83.5 Å². The Hall–Kier alpha value is -3.15. The predicted octanol–water partition coefficient (Wildman–Crippen LogP) is 20.5. The minimum atomic E-state index is -0.776. The molecule has 0 aromatic rings. The summed E-state index contributed by atoms with van der Waals surface area (Å²) >= 11 is 0. The molecule has 1 atom stereocenters. The van der Waals surface area contributed by atoms with Crippen LogP contribution < -0.4 is 0 Å². The highest BCUT2D eigenvalue weighted by Gasteiger charge is 2.19. The van der Waals surface area contributed by atoms with E-state index in [1.54, 1.807) is 0 Å². The first-order chi connectivity index (χ1) is 35.0. The van der Waals surface area contributed by atoms with Crippen LogP contribution in [0.5, 0.6) is 0 Å². The Kier molecular flexibility index (Phi) is 56.8. The van der Waals surface area contributed by atoms with Crippen LogP contribution in [0.2, 0.25) is 0 Å². The molecule has 0 aliphatic rings. The number of carbonyl (C=O) groups excluding carboxylic acids is 3. The normalized spacial score (nSPS) is 12.5. The summed E-state index contributed by atoms with van der Waals surface area (Å²) in [6, 6.07) is 0. The molecular weight excluding hydrogens is 877 g/mol. The molecule has 0 N–H and O–H groups in total. The fraction of sp³-hybridized carbons (Fsp3) is 0.769. The summed E-state index contributed by atoms with van der Waals surface area (Å²) in [7, 11) is 0. The molecule has 0 saturated heterocycles. The summed E-state index contributed by atoms with van der Waals surface area (Å²) in [5.74, 6) is -0.891. The maximum absolute atomic E-state index is 12.8. The second kappa shape index (κ2) is 59.4. The molecule has 6 heteroatoms. The number of allylic oxidation sites excluding steroid dienone is 12. The van der Waals surface area contributed by atoms with E-state index in [2.05, 4.69) is 93.7 Å². The molecular formula is C65H114O6. The number of carbonyl (C=O) groups is 3. The smallest absolute Gasteiger partial charge is 0.306 e. The fourth-order valence-electron chi connectivity index (χ4n) is 8.63. The molecule has 0 saturated carbocycles. The third-order valence-electron chi connectivity index (χ3n) is 13.2. The van der Waals surface area contributed by atoms with Crippen LogP contribution in [-0.4, -0.2) is 37.2 Å². The van der Waals surface area contributed by atoms with Gasteiger partial charge in [0, 0.05) is 19.3 Å². The summed E-state index contributed by atoms with van der Waals surface area (Å²) in [5, 5.41) is 0. The van der Waals surface area contributed by atoms with Crippen molar-refractivity contribution in [3.63, 3.8) is 0 Å². The van der Waals surface area contributed by atoms with E-state index in [9.17, 15) is 14.4 Å². The summed E-state index contributed by atoms with van der Waals surface area (Å²) in [6.07, 6.45) is 76.7. The summed E-state index contributed by atoms with van der Waals surface area (Å²) in [5.41, 5.74) is 0. The molecule has 410 valence electrons. The van der Waals surface area contributed by atoms with E-state index in [0.717, 1.165) is 109 Å². The molecule has 0 aromatic carbocycles. The molecule has 0 heterocycles. The third-order valence-corrected chi connectivity index (χ3v) is 13.2. The third kappa shape index (κ3) is 57.6. The molecule has 0 radical (unpaired) electrons. The molecule has 0 spiro atoms. The Morgan fingerprint density at radius 1 is 0.296 bits per heavy atom. The Morgan fingerprint density at radius 2 is 0.563 bits per heavy atom. The molecule has 0 aromatic heterocycles. The second-order valence-electron chi connectivity index (χ2n) is 20.2. The number of unbranched alkanes of at least 4 members (excludes halogenated alkanes) is 32. The lowest BCUT2D eigenvalue weighted by atomic mass is 10.0. The van der Waals surface area contributed by atoms with Gasteiger partial charge in [0.25, 0.3) is 0 Å². The van der Waals surface area contributed by atoms with Crippen molar-refractivity contribution in [3.8, 4) is 0 Å². The first kappa shape index (κ1) is 67.8. The highest BCUT2D eigenvalue weighted by molar-refractivity contribution is 5.71. The van der Waals surface area contributed by atoms with Crippen molar-refractivity contribution < 1.29 is 28.6 Å². The van der Waals surface area contributed by atoms with Gasteiger partial charge in [0.1, 0.15) is 13.2 Å². The number of rotatable bonds is 55. The standard InChI is InChI=1S/C65H114O6/c1-4-7-10-13-16-18-20-22-24-25-26-27-28-29-30-31-32-33-34-35-36-37-38-39-40-41-42-44-45-47-49-52-55-58-64(67)70-61-62(60-69-63(66)57-54-51-15-12-9-6-3)71-65(68)59-56-53-50-48-46-43-23-21-19-17-14-11-8-5-2/h7,10,14,16-18,21-24,26-27,62H,4-6,8-9,11-13,15,19-20,25,28-61H2,1-3H3/b10-7-,17-14-,18-16-,23-21-,24-22-,27-26-. The molecule has 6 nitrogen and oxygen atoms in total. The maximum atomic E-state index is 12.8. The van der Waals surface area contributed by atoms with Crippen molar-refractivity contribution in [1.82, 2.24) is 0 Å². The second-order valence-corrected chi connectivity index (χ2v) is 20.2. The van der Waals surface area contributed by atoms with Crippen molar-refractivity contribution in [2.45, 2.75) is 309 Å².